The molecule has 45 heteroatoms. The lowest BCUT2D eigenvalue weighted by Gasteiger charge is -2.51. The van der Waals surface area contributed by atoms with Crippen molar-refractivity contribution in [3.63, 3.8) is 0 Å². The normalized spacial score (nSPS) is 35.9. The van der Waals surface area contributed by atoms with E-state index in [1.165, 1.54) is 161 Å². The molecule has 7 saturated heterocycles. The van der Waals surface area contributed by atoms with Gasteiger partial charge in [-0.15, -0.1) is 0 Å². The fourth-order valence-corrected chi connectivity index (χ4v) is 19.1. The molecule has 7 aliphatic rings. The first kappa shape index (κ1) is 123. The molecule has 0 bridgehead atoms. The van der Waals surface area contributed by atoms with Gasteiger partial charge in [-0.05, 0) is 19.3 Å². The quantitative estimate of drug-likeness (QED) is 0.0228. The molecular formula is C95H170N4O41. The minimum Gasteiger partial charge on any atom is -0.477 e. The Morgan fingerprint density at radius 2 is 0.693 bits per heavy atom. The van der Waals surface area contributed by atoms with Crippen LogP contribution < -0.4 is 21.3 Å². The molecule has 0 spiro atoms. The molecule has 14 unspecified atom stereocenters. The summed E-state index contributed by atoms with van der Waals surface area (Å²) in [5, 5.41) is 258. The van der Waals surface area contributed by atoms with Crippen LogP contribution in [0.15, 0.2) is 12.2 Å². The second kappa shape index (κ2) is 64.8. The monoisotopic (exact) mass is 2020 g/mol. The minimum atomic E-state index is -3.25. The van der Waals surface area contributed by atoms with Crippen molar-refractivity contribution in [3.8, 4) is 0 Å². The lowest BCUT2D eigenvalue weighted by atomic mass is 9.88. The second-order valence-electron chi connectivity index (χ2n) is 38.5. The van der Waals surface area contributed by atoms with Crippen LogP contribution in [0.3, 0.4) is 0 Å². The maximum atomic E-state index is 13.7. The molecule has 7 fully saturated rings. The van der Waals surface area contributed by atoms with E-state index in [0.29, 0.717) is 12.8 Å². The first-order valence-electron chi connectivity index (χ1n) is 51.1. The van der Waals surface area contributed by atoms with Crippen molar-refractivity contribution in [1.29, 1.82) is 0 Å². The van der Waals surface area contributed by atoms with Gasteiger partial charge in [0.25, 0.3) is 5.79 Å². The van der Waals surface area contributed by atoms with Gasteiger partial charge in [0.2, 0.25) is 23.6 Å². The van der Waals surface area contributed by atoms with E-state index in [-0.39, 0.29) is 12.3 Å². The molecule has 38 atom stereocenters. The average molecular weight is 2020 g/mol. The predicted molar refractivity (Wildman–Crippen MR) is 492 cm³/mol. The van der Waals surface area contributed by atoms with Crippen molar-refractivity contribution in [3.05, 3.63) is 12.2 Å². The maximum Gasteiger partial charge on any atom is 0.364 e. The number of ether oxygens (including phenoxy) is 14. The summed E-state index contributed by atoms with van der Waals surface area (Å²) in [5.41, 5.74) is 0. The van der Waals surface area contributed by atoms with Crippen LogP contribution in [0.2, 0.25) is 0 Å². The van der Waals surface area contributed by atoms with Crippen LogP contribution in [0, 0.1) is 0 Å². The van der Waals surface area contributed by atoms with Gasteiger partial charge in [-0.25, -0.2) is 4.79 Å². The summed E-state index contributed by atoms with van der Waals surface area (Å²) in [6, 6.07) is -6.68. The third-order valence-electron chi connectivity index (χ3n) is 27.2. The number of amides is 4. The second-order valence-corrected chi connectivity index (χ2v) is 38.5. The summed E-state index contributed by atoms with van der Waals surface area (Å²) in [7, 11) is 0. The van der Waals surface area contributed by atoms with Crippen LogP contribution in [0.25, 0.3) is 0 Å². The van der Waals surface area contributed by atoms with Crippen LogP contribution in [0.1, 0.15) is 272 Å². The van der Waals surface area contributed by atoms with Crippen LogP contribution in [-0.4, -0.2) is 427 Å². The van der Waals surface area contributed by atoms with Crippen molar-refractivity contribution in [2.24, 2.45) is 0 Å². The number of carbonyl (C=O) groups excluding carboxylic acids is 4. The fraction of sp³-hybridized carbons (Fsp3) is 0.926. The Balaban J connectivity index is 0.972. The molecule has 816 valence electrons. The highest BCUT2D eigenvalue weighted by Crippen LogP contribution is 2.42. The summed E-state index contributed by atoms with van der Waals surface area (Å²) in [6.07, 6.45) is -24.1. The molecule has 0 aromatic rings. The van der Waals surface area contributed by atoms with Crippen LogP contribution >= 0.6 is 0 Å². The Hall–Kier alpha value is -4.31. The number of hydrogen-bond donors (Lipinski definition) is 26. The lowest BCUT2D eigenvalue weighted by molar-refractivity contribution is -0.391. The molecule has 140 heavy (non-hydrogen) atoms. The predicted octanol–water partition coefficient (Wildman–Crippen LogP) is -2.13. The Bertz CT molecular complexity index is 3450. The molecular weight excluding hydrogens is 1850 g/mol. The van der Waals surface area contributed by atoms with Gasteiger partial charge in [0.1, 0.15) is 165 Å². The maximum absolute atomic E-state index is 13.7. The number of aliphatic hydroxyl groups excluding tert-OH is 21. The van der Waals surface area contributed by atoms with E-state index >= 15 is 0 Å². The average Bonchev–Trinajstić information content (AvgIpc) is 0.754. The first-order valence-corrected chi connectivity index (χ1v) is 51.1. The number of aliphatic hydroxyl groups is 21. The molecule has 7 rings (SSSR count). The number of hydrogen-bond acceptors (Lipinski definition) is 40. The summed E-state index contributed by atoms with van der Waals surface area (Å²) in [6.45, 7) is -0.949. The molecule has 0 aromatic heterocycles. The van der Waals surface area contributed by atoms with Crippen molar-refractivity contribution in [1.82, 2.24) is 21.3 Å². The highest BCUT2D eigenvalue weighted by Gasteiger charge is 2.63. The van der Waals surface area contributed by atoms with E-state index in [9.17, 15) is 136 Å². The number of nitrogens with one attached hydrogen (secondary N) is 4. The summed E-state index contributed by atoms with van der Waals surface area (Å²) in [5.74, 6) is -8.44. The van der Waals surface area contributed by atoms with E-state index in [2.05, 4.69) is 35.1 Å². The molecule has 0 aromatic carbocycles. The van der Waals surface area contributed by atoms with E-state index in [4.69, 9.17) is 66.3 Å². The largest absolute Gasteiger partial charge is 0.477 e. The van der Waals surface area contributed by atoms with Crippen molar-refractivity contribution < 1.29 is 203 Å². The number of allylic oxidation sites excluding steroid dienone is 1. The van der Waals surface area contributed by atoms with E-state index in [0.717, 1.165) is 72.1 Å². The molecule has 26 N–H and O–H groups in total. The first-order chi connectivity index (χ1) is 67.1. The number of carboxylic acids is 1. The van der Waals surface area contributed by atoms with Gasteiger partial charge >= 0.3 is 5.97 Å². The summed E-state index contributed by atoms with van der Waals surface area (Å²) >= 11 is 0. The Morgan fingerprint density at radius 3 is 1.05 bits per heavy atom. The Labute approximate surface area is 819 Å². The van der Waals surface area contributed by atoms with Gasteiger partial charge in [0.15, 0.2) is 37.7 Å². The zero-order chi connectivity index (χ0) is 103. The van der Waals surface area contributed by atoms with Crippen LogP contribution in [-0.2, 0) is 90.3 Å². The molecule has 7 aliphatic heterocycles. The molecule has 0 aliphatic carbocycles. The number of carbonyl (C=O) groups is 5. The van der Waals surface area contributed by atoms with Crippen molar-refractivity contribution >= 4 is 29.6 Å². The lowest BCUT2D eigenvalue weighted by Crippen LogP contribution is -2.71. The molecule has 0 saturated carbocycles. The number of aliphatic carboxylic acids is 1. The van der Waals surface area contributed by atoms with Gasteiger partial charge in [0, 0.05) is 33.6 Å². The standard InChI is InChI=1S/C95H170N4O41/c1-6-8-10-12-14-16-18-20-21-22-23-24-25-26-27-28-29-31-33-35-37-39-41-43-66(113)99-56(57(110)42-40-38-36-34-32-30-19-17-15-13-11-9-7-2)52-127-90-77(121)76(120)83(65(51-106)133-90)136-92-79(123)86(72(116)61(47-102)129-92)138-88-68(97-54(4)108)74(118)81(63(49-104)131-88)134-91-78(122)85(71(115)60(46-101)128-91)137-89-69(98-55(5)109)75(119)82(64(50-105)132-89)135-93-80(124)87(73(117)62(48-103)130-93)140-95(94(125)126)44-58(111)67(96-53(3)107)84(139-95)70(114)59(112)45-100/h40,42,56-65,67-93,100-106,110-112,114-124H,6-39,41,43-52H2,1-5H3,(H,96,107)(H,97,108)(H,98,109)(H,99,113)(H,125,126)/b42-40+/t56-,57+,58?,59+,60?,61?,62?,63?,64?,65?,67+,68?,69?,70+,71-,72-,73-,74+,75+,76+,77?,78?,79?,80?,81+,82+,83+,84?,85-,86-,87-,88-,89-,90+,91-,92-,93-,95-/m0/s1. The highest BCUT2D eigenvalue weighted by molar-refractivity contribution is 5.77. The molecule has 4 amide bonds. The van der Waals surface area contributed by atoms with Gasteiger partial charge < -0.3 is 200 Å². The third kappa shape index (κ3) is 37.2. The van der Waals surface area contributed by atoms with Crippen molar-refractivity contribution in [2.75, 3.05) is 52.9 Å². The number of unbranched alkanes of at least 4 members (excludes halogenated alkanes) is 33. The van der Waals surface area contributed by atoms with Gasteiger partial charge in [-0.1, -0.05) is 231 Å². The topological polar surface area (TPSA) is 708 Å². The summed E-state index contributed by atoms with van der Waals surface area (Å²) in [4.78, 5) is 65.2. The van der Waals surface area contributed by atoms with Crippen LogP contribution in [0.4, 0.5) is 0 Å². The molecule has 45 nitrogen and oxygen atoms in total. The van der Waals surface area contributed by atoms with E-state index in [1.54, 1.807) is 6.08 Å². The molecule has 0 radical (unpaired) electrons. The minimum absolute atomic E-state index is 0.154. The zero-order valence-corrected chi connectivity index (χ0v) is 81.9. The van der Waals surface area contributed by atoms with Crippen LogP contribution in [0.5, 0.6) is 0 Å². The van der Waals surface area contributed by atoms with Gasteiger partial charge in [0.05, 0.1) is 77.1 Å². The summed E-state index contributed by atoms with van der Waals surface area (Å²) < 4.78 is 83.1. The fourth-order valence-electron chi connectivity index (χ4n) is 19.1. The third-order valence-corrected chi connectivity index (χ3v) is 27.2. The SMILES string of the molecule is CCCCCCCCCCCCC/C=C/[C@@H](O)[C@H](CO[C@@H]1OC(CO)[C@@H](O[C@@H]2OC(CO)[C@H](O)[C@H](O[C@@H]3OC(CO)[C@@H](O[C@@H]4OC(CO)[C@H](O)[C@H](O[C@@H]5OC(CO)[C@@H](O[C@@H]6OC(CO)[C@H](O)[C@H](O[C@]7(C(=O)O)CC(O)[C@@H](NC(C)=O)C([C@H](O)[C@H](O)CO)O7)C6O)[C@H](O)C5NC(C)=O)C4O)[C@H](O)C3NC(C)=O)C2O)[C@H](O)C1O)NC(=O)CCCCCCCCCCCCCCCCCCCCCCCCC. The van der Waals surface area contributed by atoms with Crippen molar-refractivity contribution in [2.45, 2.75) is 505 Å². The zero-order valence-electron chi connectivity index (χ0n) is 81.9. The van der Waals surface area contributed by atoms with Gasteiger partial charge in [-0.3, -0.25) is 19.2 Å². The number of rotatable bonds is 67. The van der Waals surface area contributed by atoms with Gasteiger partial charge in [-0.2, -0.15) is 0 Å². The van der Waals surface area contributed by atoms with E-state index < -0.39 is 315 Å². The van der Waals surface area contributed by atoms with E-state index in [1.807, 2.05) is 6.08 Å². The smallest absolute Gasteiger partial charge is 0.364 e. The highest BCUT2D eigenvalue weighted by atomic mass is 16.8. The number of carboxylic acid groups (broad SMARTS) is 1. The molecule has 7 heterocycles. The Kier molecular flexibility index (Phi) is 56.8. The Morgan fingerprint density at radius 1 is 0.371 bits per heavy atom.